The first-order chi connectivity index (χ1) is 14.0. The fourth-order valence-electron chi connectivity index (χ4n) is 3.81. The molecule has 2 fully saturated rings. The molecule has 29 heavy (non-hydrogen) atoms. The maximum Gasteiger partial charge on any atom is 0.245 e. The van der Waals surface area contributed by atoms with Gasteiger partial charge in [0.1, 0.15) is 11.4 Å². The van der Waals surface area contributed by atoms with E-state index in [2.05, 4.69) is 13.8 Å². The number of hydrogen-bond donors (Lipinski definition) is 0. The van der Waals surface area contributed by atoms with Gasteiger partial charge in [0.15, 0.2) is 11.5 Å². The van der Waals surface area contributed by atoms with Crippen molar-refractivity contribution in [3.8, 4) is 11.5 Å². The van der Waals surface area contributed by atoms with Crippen LogP contribution in [0.25, 0.3) is 0 Å². The molecule has 2 atom stereocenters. The van der Waals surface area contributed by atoms with Crippen LogP contribution in [0.15, 0.2) is 18.2 Å². The first kappa shape index (κ1) is 21.8. The zero-order valence-electron chi connectivity index (χ0n) is 17.6. The highest BCUT2D eigenvalue weighted by Crippen LogP contribution is 2.43. The molecule has 0 spiro atoms. The molecule has 1 aromatic carbocycles. The number of amides is 2. The molecule has 1 aromatic rings. The van der Waals surface area contributed by atoms with Crippen LogP contribution in [-0.2, 0) is 14.3 Å². The van der Waals surface area contributed by atoms with Crippen LogP contribution in [0.5, 0.6) is 11.5 Å². The van der Waals surface area contributed by atoms with Gasteiger partial charge in [-0.2, -0.15) is 0 Å². The van der Waals surface area contributed by atoms with Crippen molar-refractivity contribution in [3.05, 3.63) is 23.8 Å². The molecule has 2 unspecified atom stereocenters. The predicted molar refractivity (Wildman–Crippen MR) is 112 cm³/mol. The van der Waals surface area contributed by atoms with Gasteiger partial charge in [-0.1, -0.05) is 19.9 Å². The van der Waals surface area contributed by atoms with Crippen LogP contribution in [0.1, 0.15) is 31.2 Å². The van der Waals surface area contributed by atoms with Gasteiger partial charge in [-0.3, -0.25) is 9.59 Å². The Morgan fingerprint density at radius 3 is 2.52 bits per heavy atom. The number of benzene rings is 1. The van der Waals surface area contributed by atoms with Crippen LogP contribution in [-0.4, -0.2) is 73.9 Å². The summed E-state index contributed by atoms with van der Waals surface area (Å²) in [7, 11) is 3.19. The van der Waals surface area contributed by atoms with Gasteiger partial charge in [-0.15, -0.1) is 11.8 Å². The van der Waals surface area contributed by atoms with Crippen molar-refractivity contribution in [2.75, 3.05) is 46.3 Å². The highest BCUT2D eigenvalue weighted by Gasteiger charge is 2.42. The first-order valence-electron chi connectivity index (χ1n) is 9.97. The fraction of sp³-hybridized carbons (Fsp3) is 0.619. The number of ether oxygens (including phenoxy) is 3. The lowest BCUT2D eigenvalue weighted by Gasteiger charge is -2.37. The molecule has 2 saturated heterocycles. The standard InChI is InChI=1S/C21H30N2O5S/c1-14(2)11-16(20(25)22-7-9-28-10-8-22)23-19(24)13-29-21(23)15-5-6-17(26-3)18(12-15)27-4/h5-6,12,14,16,21H,7-11,13H2,1-4H3. The second-order valence-electron chi connectivity index (χ2n) is 7.66. The molecule has 0 aromatic heterocycles. The number of hydrogen-bond acceptors (Lipinski definition) is 6. The van der Waals surface area contributed by atoms with Crippen molar-refractivity contribution >= 4 is 23.6 Å². The Balaban J connectivity index is 1.92. The average molecular weight is 423 g/mol. The molecule has 0 radical (unpaired) electrons. The fourth-order valence-corrected chi connectivity index (χ4v) is 5.02. The molecule has 160 valence electrons. The minimum atomic E-state index is -0.478. The molecule has 2 aliphatic heterocycles. The van der Waals surface area contributed by atoms with E-state index < -0.39 is 6.04 Å². The summed E-state index contributed by atoms with van der Waals surface area (Å²) in [6.07, 6.45) is 0.631. The second kappa shape index (κ2) is 9.71. The number of methoxy groups -OCH3 is 2. The summed E-state index contributed by atoms with van der Waals surface area (Å²) in [5.74, 6) is 1.93. The van der Waals surface area contributed by atoms with E-state index in [0.29, 0.717) is 50.0 Å². The summed E-state index contributed by atoms with van der Waals surface area (Å²) in [4.78, 5) is 29.9. The summed E-state index contributed by atoms with van der Waals surface area (Å²) < 4.78 is 16.2. The van der Waals surface area contributed by atoms with Crippen LogP contribution in [0.3, 0.4) is 0 Å². The number of thioether (sulfide) groups is 1. The van der Waals surface area contributed by atoms with Gasteiger partial charge in [-0.25, -0.2) is 0 Å². The van der Waals surface area contributed by atoms with Gasteiger partial charge in [0.05, 0.1) is 33.2 Å². The molecule has 8 heteroatoms. The SMILES string of the molecule is COc1ccc(C2SCC(=O)N2C(CC(C)C)C(=O)N2CCOCC2)cc1OC. The molecule has 2 amide bonds. The summed E-state index contributed by atoms with van der Waals surface area (Å²) >= 11 is 1.55. The van der Waals surface area contributed by atoms with Crippen molar-refractivity contribution in [2.45, 2.75) is 31.7 Å². The van der Waals surface area contributed by atoms with E-state index >= 15 is 0 Å². The van der Waals surface area contributed by atoms with E-state index in [1.165, 1.54) is 0 Å². The maximum absolute atomic E-state index is 13.4. The number of nitrogens with zero attached hydrogens (tertiary/aromatic N) is 2. The lowest BCUT2D eigenvalue weighted by Crippen LogP contribution is -2.53. The summed E-state index contributed by atoms with van der Waals surface area (Å²) in [6, 6.07) is 5.20. The Kier molecular flexibility index (Phi) is 7.29. The van der Waals surface area contributed by atoms with Crippen molar-refractivity contribution in [2.24, 2.45) is 5.92 Å². The van der Waals surface area contributed by atoms with Gasteiger partial charge in [0, 0.05) is 13.1 Å². The molecule has 0 saturated carbocycles. The third kappa shape index (κ3) is 4.80. The van der Waals surface area contributed by atoms with Gasteiger partial charge < -0.3 is 24.0 Å². The van der Waals surface area contributed by atoms with Crippen LogP contribution in [0.2, 0.25) is 0 Å². The van der Waals surface area contributed by atoms with Crippen LogP contribution >= 0.6 is 11.8 Å². The maximum atomic E-state index is 13.4. The Morgan fingerprint density at radius 1 is 1.21 bits per heavy atom. The smallest absolute Gasteiger partial charge is 0.245 e. The molecule has 0 bridgehead atoms. The number of rotatable bonds is 7. The van der Waals surface area contributed by atoms with E-state index in [4.69, 9.17) is 14.2 Å². The van der Waals surface area contributed by atoms with Crippen molar-refractivity contribution in [1.82, 2.24) is 9.80 Å². The molecule has 2 heterocycles. The third-order valence-electron chi connectivity index (χ3n) is 5.24. The van der Waals surface area contributed by atoms with E-state index in [1.54, 1.807) is 30.9 Å². The molecule has 2 aliphatic rings. The van der Waals surface area contributed by atoms with E-state index in [0.717, 1.165) is 5.56 Å². The Labute approximate surface area is 176 Å². The zero-order valence-corrected chi connectivity index (χ0v) is 18.4. The number of carbonyl (C=O) groups excluding carboxylic acids is 2. The lowest BCUT2D eigenvalue weighted by atomic mass is 9.99. The van der Waals surface area contributed by atoms with E-state index in [1.807, 2.05) is 23.1 Å². The Bertz CT molecular complexity index is 736. The van der Waals surface area contributed by atoms with Crippen molar-refractivity contribution < 1.29 is 23.8 Å². The van der Waals surface area contributed by atoms with E-state index in [-0.39, 0.29) is 23.1 Å². The second-order valence-corrected chi connectivity index (χ2v) is 8.73. The van der Waals surface area contributed by atoms with Crippen molar-refractivity contribution in [1.29, 1.82) is 0 Å². The molecule has 0 N–H and O–H groups in total. The third-order valence-corrected chi connectivity index (χ3v) is 6.46. The minimum Gasteiger partial charge on any atom is -0.493 e. The van der Waals surface area contributed by atoms with Crippen LogP contribution in [0, 0.1) is 5.92 Å². The quantitative estimate of drug-likeness (QED) is 0.673. The zero-order chi connectivity index (χ0) is 21.0. The van der Waals surface area contributed by atoms with Crippen LogP contribution < -0.4 is 9.47 Å². The lowest BCUT2D eigenvalue weighted by molar-refractivity contribution is -0.148. The first-order valence-corrected chi connectivity index (χ1v) is 11.0. The monoisotopic (exact) mass is 422 g/mol. The van der Waals surface area contributed by atoms with Gasteiger partial charge in [0.25, 0.3) is 0 Å². The Hall–Kier alpha value is -1.93. The summed E-state index contributed by atoms with van der Waals surface area (Å²) in [6.45, 7) is 6.40. The van der Waals surface area contributed by atoms with Crippen molar-refractivity contribution in [3.63, 3.8) is 0 Å². The predicted octanol–water partition coefficient (Wildman–Crippen LogP) is 2.55. The number of carbonyl (C=O) groups is 2. The molecule has 7 nitrogen and oxygen atoms in total. The molecule has 0 aliphatic carbocycles. The molecular weight excluding hydrogens is 392 g/mol. The normalized spacial score (nSPS) is 20.9. The summed E-state index contributed by atoms with van der Waals surface area (Å²) in [5.41, 5.74) is 0.932. The van der Waals surface area contributed by atoms with E-state index in [9.17, 15) is 9.59 Å². The highest BCUT2D eigenvalue weighted by molar-refractivity contribution is 8.00. The van der Waals surface area contributed by atoms with Crippen LogP contribution in [0.4, 0.5) is 0 Å². The largest absolute Gasteiger partial charge is 0.493 e. The summed E-state index contributed by atoms with van der Waals surface area (Å²) in [5, 5.41) is -0.226. The van der Waals surface area contributed by atoms with Gasteiger partial charge in [-0.05, 0) is 30.0 Å². The Morgan fingerprint density at radius 2 is 1.90 bits per heavy atom. The van der Waals surface area contributed by atoms with Gasteiger partial charge in [0.2, 0.25) is 11.8 Å². The number of morpholine rings is 1. The van der Waals surface area contributed by atoms with Gasteiger partial charge >= 0.3 is 0 Å². The molecular formula is C21H30N2O5S. The minimum absolute atomic E-state index is 0.00189. The highest BCUT2D eigenvalue weighted by atomic mass is 32.2. The topological polar surface area (TPSA) is 68.3 Å². The molecule has 3 rings (SSSR count). The average Bonchev–Trinajstić information content (AvgIpc) is 3.12.